The summed E-state index contributed by atoms with van der Waals surface area (Å²) in [6, 6.07) is 16.0. The summed E-state index contributed by atoms with van der Waals surface area (Å²) in [6.07, 6.45) is -4.88. The second-order valence-electron chi connectivity index (χ2n) is 7.49. The normalized spacial score (nSPS) is 17.5. The second-order valence-corrected chi connectivity index (χ2v) is 7.93. The van der Waals surface area contributed by atoms with Gasteiger partial charge in [-0.1, -0.05) is 23.7 Å². The third-order valence-electron chi connectivity index (χ3n) is 5.34. The predicted molar refractivity (Wildman–Crippen MR) is 122 cm³/mol. The Hall–Kier alpha value is -3.98. The highest BCUT2D eigenvalue weighted by atomic mass is 35.5. The minimum absolute atomic E-state index is 0.137. The molecule has 0 bridgehead atoms. The molecule has 1 saturated heterocycles. The fourth-order valence-electron chi connectivity index (χ4n) is 3.77. The highest BCUT2D eigenvalue weighted by Gasteiger charge is 2.47. The SMILES string of the molecule is COc1ccc(C2/C(=C(\O)c3ccc(Cl)cc3)C(=O)C(=O)N2c2ccc(OC(F)(F)F)cc2)cc1. The summed E-state index contributed by atoms with van der Waals surface area (Å²) in [6.45, 7) is 0. The molecule has 0 aromatic heterocycles. The Bertz CT molecular complexity index is 1290. The minimum Gasteiger partial charge on any atom is -0.507 e. The van der Waals surface area contributed by atoms with Gasteiger partial charge in [-0.3, -0.25) is 14.5 Å². The predicted octanol–water partition coefficient (Wildman–Crippen LogP) is 5.87. The van der Waals surface area contributed by atoms with Gasteiger partial charge >= 0.3 is 6.36 Å². The molecule has 35 heavy (non-hydrogen) atoms. The fourth-order valence-corrected chi connectivity index (χ4v) is 3.90. The number of nitrogens with zero attached hydrogens (tertiary/aromatic N) is 1. The summed E-state index contributed by atoms with van der Waals surface area (Å²) in [4.78, 5) is 27.3. The standard InChI is InChI=1S/C25H17ClF3NO5/c1-34-18-10-4-14(5-11-18)21-20(22(31)15-2-6-16(26)7-3-15)23(32)24(33)30(21)17-8-12-19(13-9-17)35-25(27,28)29/h2-13,21,31H,1H3/b22-20+. The molecule has 3 aromatic rings. The van der Waals surface area contributed by atoms with Crippen molar-refractivity contribution >= 4 is 34.7 Å². The number of alkyl halides is 3. The topological polar surface area (TPSA) is 76.1 Å². The molecule has 1 N–H and O–H groups in total. The fraction of sp³-hybridized carbons (Fsp3) is 0.120. The lowest BCUT2D eigenvalue weighted by Crippen LogP contribution is -2.29. The maximum absolute atomic E-state index is 13.1. The molecule has 0 spiro atoms. The number of anilines is 1. The number of methoxy groups -OCH3 is 1. The van der Waals surface area contributed by atoms with Crippen LogP contribution in [-0.4, -0.2) is 30.3 Å². The third kappa shape index (κ3) is 4.95. The van der Waals surface area contributed by atoms with Crippen molar-refractivity contribution in [3.63, 3.8) is 0 Å². The lowest BCUT2D eigenvalue weighted by molar-refractivity contribution is -0.274. The molecule has 180 valence electrons. The van der Waals surface area contributed by atoms with E-state index in [1.165, 1.54) is 43.5 Å². The van der Waals surface area contributed by atoms with E-state index in [-0.39, 0.29) is 16.8 Å². The Balaban J connectivity index is 1.84. The van der Waals surface area contributed by atoms with E-state index in [4.69, 9.17) is 16.3 Å². The van der Waals surface area contributed by atoms with E-state index in [2.05, 4.69) is 4.74 Å². The van der Waals surface area contributed by atoms with E-state index >= 15 is 0 Å². The third-order valence-corrected chi connectivity index (χ3v) is 5.59. The lowest BCUT2D eigenvalue weighted by Gasteiger charge is -2.25. The zero-order valence-corrected chi connectivity index (χ0v) is 18.8. The van der Waals surface area contributed by atoms with Crippen molar-refractivity contribution in [1.29, 1.82) is 0 Å². The highest BCUT2D eigenvalue weighted by Crippen LogP contribution is 2.43. The van der Waals surface area contributed by atoms with Crippen LogP contribution in [0.2, 0.25) is 5.02 Å². The first-order valence-electron chi connectivity index (χ1n) is 10.2. The van der Waals surface area contributed by atoms with E-state index in [1.54, 1.807) is 24.3 Å². The summed E-state index contributed by atoms with van der Waals surface area (Å²) in [5.74, 6) is -2.28. The van der Waals surface area contributed by atoms with Crippen LogP contribution in [-0.2, 0) is 9.59 Å². The van der Waals surface area contributed by atoms with Gasteiger partial charge < -0.3 is 14.6 Å². The van der Waals surface area contributed by atoms with Gasteiger partial charge in [0, 0.05) is 16.3 Å². The molecule has 10 heteroatoms. The van der Waals surface area contributed by atoms with E-state index in [1.807, 2.05) is 0 Å². The van der Waals surface area contributed by atoms with Crippen LogP contribution in [0.15, 0.2) is 78.4 Å². The molecule has 0 aliphatic carbocycles. The van der Waals surface area contributed by atoms with Gasteiger partial charge in [-0.25, -0.2) is 0 Å². The number of carbonyl (C=O) groups is 2. The Kier molecular flexibility index (Phi) is 6.45. The van der Waals surface area contributed by atoms with E-state index in [0.717, 1.165) is 17.0 Å². The van der Waals surface area contributed by atoms with Crippen LogP contribution < -0.4 is 14.4 Å². The van der Waals surface area contributed by atoms with Crippen molar-refractivity contribution in [1.82, 2.24) is 0 Å². The molecule has 1 aliphatic rings. The summed E-state index contributed by atoms with van der Waals surface area (Å²) in [5.41, 5.74) is 0.687. The zero-order valence-electron chi connectivity index (χ0n) is 18.0. The first-order valence-corrected chi connectivity index (χ1v) is 10.5. The van der Waals surface area contributed by atoms with Crippen molar-refractivity contribution in [2.45, 2.75) is 12.4 Å². The molecular weight excluding hydrogens is 487 g/mol. The molecule has 3 aromatic carbocycles. The maximum atomic E-state index is 13.1. The van der Waals surface area contributed by atoms with Gasteiger partial charge in [0.15, 0.2) is 0 Å². The average Bonchev–Trinajstić information content (AvgIpc) is 3.09. The molecule has 1 unspecified atom stereocenters. The Morgan fingerprint density at radius 2 is 1.49 bits per heavy atom. The Morgan fingerprint density at radius 3 is 2.03 bits per heavy atom. The minimum atomic E-state index is -4.88. The van der Waals surface area contributed by atoms with E-state index < -0.39 is 35.6 Å². The lowest BCUT2D eigenvalue weighted by atomic mass is 9.95. The van der Waals surface area contributed by atoms with Crippen LogP contribution in [0.5, 0.6) is 11.5 Å². The number of ketones is 1. The Morgan fingerprint density at radius 1 is 0.914 bits per heavy atom. The van der Waals surface area contributed by atoms with Crippen molar-refractivity contribution < 1.29 is 37.3 Å². The summed E-state index contributed by atoms with van der Waals surface area (Å²) in [5, 5.41) is 11.4. The number of benzene rings is 3. The average molecular weight is 504 g/mol. The van der Waals surface area contributed by atoms with E-state index in [0.29, 0.717) is 16.3 Å². The van der Waals surface area contributed by atoms with Crippen LogP contribution in [0.4, 0.5) is 18.9 Å². The number of Topliss-reactive ketones (excluding diaryl/α,β-unsaturated/α-hetero) is 1. The Labute approximate surface area is 202 Å². The van der Waals surface area contributed by atoms with Gasteiger partial charge in [0.2, 0.25) is 0 Å². The maximum Gasteiger partial charge on any atom is 0.573 e. The molecule has 0 radical (unpaired) electrons. The van der Waals surface area contributed by atoms with Crippen LogP contribution >= 0.6 is 11.6 Å². The quantitative estimate of drug-likeness (QED) is 0.267. The molecule has 6 nitrogen and oxygen atoms in total. The number of ether oxygens (including phenoxy) is 2. The van der Waals surface area contributed by atoms with Crippen LogP contribution in [0.25, 0.3) is 5.76 Å². The van der Waals surface area contributed by atoms with Crippen molar-refractivity contribution in [3.05, 3.63) is 94.5 Å². The number of hydrogen-bond donors (Lipinski definition) is 1. The van der Waals surface area contributed by atoms with Gasteiger partial charge in [0.1, 0.15) is 17.3 Å². The van der Waals surface area contributed by atoms with Crippen LogP contribution in [0.3, 0.4) is 0 Å². The number of aliphatic hydroxyl groups excluding tert-OH is 1. The van der Waals surface area contributed by atoms with Gasteiger partial charge in [0.05, 0.1) is 18.7 Å². The molecule has 1 aliphatic heterocycles. The monoisotopic (exact) mass is 503 g/mol. The molecule has 1 fully saturated rings. The van der Waals surface area contributed by atoms with Gasteiger partial charge in [-0.2, -0.15) is 0 Å². The first kappa shape index (κ1) is 24.2. The number of rotatable bonds is 5. The molecule has 4 rings (SSSR count). The largest absolute Gasteiger partial charge is 0.573 e. The summed E-state index contributed by atoms with van der Waals surface area (Å²) in [7, 11) is 1.48. The number of hydrogen-bond acceptors (Lipinski definition) is 5. The smallest absolute Gasteiger partial charge is 0.507 e. The van der Waals surface area contributed by atoms with Crippen LogP contribution in [0, 0.1) is 0 Å². The number of amides is 1. The highest BCUT2D eigenvalue weighted by molar-refractivity contribution is 6.51. The van der Waals surface area contributed by atoms with Crippen molar-refractivity contribution in [2.75, 3.05) is 12.0 Å². The van der Waals surface area contributed by atoms with Gasteiger partial charge in [-0.05, 0) is 66.2 Å². The number of halogens is 4. The van der Waals surface area contributed by atoms with E-state index in [9.17, 15) is 27.9 Å². The van der Waals surface area contributed by atoms with Gasteiger partial charge in [0.25, 0.3) is 11.7 Å². The molecule has 1 heterocycles. The number of aliphatic hydroxyl groups is 1. The molecule has 1 amide bonds. The summed E-state index contributed by atoms with van der Waals surface area (Å²) >= 11 is 5.92. The molecular formula is C25H17ClF3NO5. The van der Waals surface area contributed by atoms with Crippen LogP contribution in [0.1, 0.15) is 17.2 Å². The molecule has 0 saturated carbocycles. The number of carbonyl (C=O) groups excluding carboxylic acids is 2. The zero-order chi connectivity index (χ0) is 25.3. The van der Waals surface area contributed by atoms with Gasteiger partial charge in [-0.15, -0.1) is 13.2 Å². The molecule has 1 atom stereocenters. The first-order chi connectivity index (χ1) is 16.6. The van der Waals surface area contributed by atoms with Crippen molar-refractivity contribution in [3.8, 4) is 11.5 Å². The summed E-state index contributed by atoms with van der Waals surface area (Å²) < 4.78 is 46.7. The second kappa shape index (κ2) is 9.34. The van der Waals surface area contributed by atoms with Crippen molar-refractivity contribution in [2.24, 2.45) is 0 Å².